The molecule has 0 aromatic rings. The molecule has 104 valence electrons. The lowest BCUT2D eigenvalue weighted by molar-refractivity contribution is -0.742. The van der Waals surface area contributed by atoms with Crippen LogP contribution in [-0.4, -0.2) is 46.7 Å². The molecule has 5 N–H and O–H groups in total. The number of nitrogens with two attached hydrogens (primary N) is 1. The smallest absolute Gasteiger partial charge is 0.291 e. The fourth-order valence-corrected chi connectivity index (χ4v) is 1.01. The van der Waals surface area contributed by atoms with Gasteiger partial charge in [0.2, 0.25) is 5.96 Å². The van der Waals surface area contributed by atoms with E-state index in [4.69, 9.17) is 26.5 Å². The molecular formula is C9H20N6O3. The summed E-state index contributed by atoms with van der Waals surface area (Å²) < 4.78 is 0. The molecule has 0 aromatic heterocycles. The summed E-state index contributed by atoms with van der Waals surface area (Å²) in [6.07, 6.45) is 1.70. The predicted octanol–water partition coefficient (Wildman–Crippen LogP) is 0.00557. The van der Waals surface area contributed by atoms with E-state index in [1.807, 2.05) is 18.7 Å². The molecule has 0 spiro atoms. The molecule has 0 radical (unpaired) electrons. The molecule has 9 nitrogen and oxygen atoms in total. The van der Waals surface area contributed by atoms with E-state index < -0.39 is 5.09 Å². The van der Waals surface area contributed by atoms with E-state index in [-0.39, 0.29) is 5.96 Å². The Labute approximate surface area is 106 Å². The lowest BCUT2D eigenvalue weighted by atomic mass is 10.5. The molecule has 0 saturated carbocycles. The van der Waals surface area contributed by atoms with Crippen molar-refractivity contribution in [1.82, 2.24) is 10.2 Å². The molecule has 0 aliphatic carbocycles. The molecule has 0 rings (SSSR count). The largest absolute Gasteiger partial charge is 0.370 e. The molecular weight excluding hydrogens is 240 g/mol. The molecule has 18 heavy (non-hydrogen) atoms. The van der Waals surface area contributed by atoms with Crippen molar-refractivity contribution in [2.45, 2.75) is 13.8 Å². The highest BCUT2D eigenvalue weighted by atomic mass is 16.9. The van der Waals surface area contributed by atoms with Crippen LogP contribution < -0.4 is 11.1 Å². The van der Waals surface area contributed by atoms with Gasteiger partial charge in [-0.3, -0.25) is 10.7 Å². The number of hydrogen-bond donors (Lipinski definition) is 4. The van der Waals surface area contributed by atoms with Crippen molar-refractivity contribution in [3.8, 4) is 0 Å². The van der Waals surface area contributed by atoms with E-state index in [1.165, 1.54) is 0 Å². The van der Waals surface area contributed by atoms with Gasteiger partial charge in [0.25, 0.3) is 5.09 Å². The first-order chi connectivity index (χ1) is 8.38. The van der Waals surface area contributed by atoms with Crippen LogP contribution in [0.15, 0.2) is 17.6 Å². The minimum atomic E-state index is -1.50. The monoisotopic (exact) mass is 260 g/mol. The maximum absolute atomic E-state index is 8.36. The van der Waals surface area contributed by atoms with Crippen LogP contribution in [0.25, 0.3) is 0 Å². The summed E-state index contributed by atoms with van der Waals surface area (Å²) in [5.74, 6) is 0.530. The van der Waals surface area contributed by atoms with E-state index in [0.29, 0.717) is 12.5 Å². The molecule has 0 saturated heterocycles. The second-order valence-corrected chi connectivity index (χ2v) is 2.90. The number of rotatable bonds is 4. The molecule has 0 atom stereocenters. The van der Waals surface area contributed by atoms with Gasteiger partial charge in [0.15, 0.2) is 5.96 Å². The minimum absolute atomic E-state index is 0.0975. The lowest BCUT2D eigenvalue weighted by Gasteiger charge is -2.23. The SMILES string of the molecule is C=CC/N=C(\NC(=N)N)N(CC)CC.O=[N+]([O-])O. The first-order valence-corrected chi connectivity index (χ1v) is 5.23. The normalized spacial score (nSPS) is 9.78. The third kappa shape index (κ3) is 11.8. The molecule has 0 aliphatic rings. The second kappa shape index (κ2) is 11.2. The Balaban J connectivity index is 0. The van der Waals surface area contributed by atoms with Crippen molar-refractivity contribution in [3.05, 3.63) is 22.8 Å². The summed E-state index contributed by atoms with van der Waals surface area (Å²) in [4.78, 5) is 14.6. The quantitative estimate of drug-likeness (QED) is 0.184. The van der Waals surface area contributed by atoms with E-state index in [1.54, 1.807) is 6.08 Å². The van der Waals surface area contributed by atoms with Crippen molar-refractivity contribution < 1.29 is 10.3 Å². The summed E-state index contributed by atoms with van der Waals surface area (Å²) in [6, 6.07) is 0. The standard InChI is InChI=1S/C9H19N5.HNO3/c1-4-7-12-9(13-8(10)11)14(5-2)6-3;2-1(3)4/h4H,1,5-7H2,2-3H3,(H4,10,11,12,13);(H,2,3,4). The summed E-state index contributed by atoms with van der Waals surface area (Å²) >= 11 is 0. The van der Waals surface area contributed by atoms with Crippen LogP contribution in [0, 0.1) is 15.5 Å². The average Bonchev–Trinajstić information content (AvgIpc) is 2.25. The molecule has 0 amide bonds. The highest BCUT2D eigenvalue weighted by Crippen LogP contribution is 1.89. The summed E-state index contributed by atoms with van der Waals surface area (Å²) in [6.45, 7) is 9.80. The van der Waals surface area contributed by atoms with E-state index >= 15 is 0 Å². The van der Waals surface area contributed by atoms with E-state index in [9.17, 15) is 0 Å². The fraction of sp³-hybridized carbons (Fsp3) is 0.556. The van der Waals surface area contributed by atoms with Crippen LogP contribution in [0.5, 0.6) is 0 Å². The molecule has 0 aromatic carbocycles. The van der Waals surface area contributed by atoms with Gasteiger partial charge in [-0.25, -0.2) is 4.99 Å². The zero-order valence-corrected chi connectivity index (χ0v) is 10.6. The first-order valence-electron chi connectivity index (χ1n) is 5.23. The van der Waals surface area contributed by atoms with Gasteiger partial charge in [-0.05, 0) is 13.8 Å². The Hall–Kier alpha value is -2.32. The Kier molecular flexibility index (Phi) is 11.2. The Morgan fingerprint density at radius 1 is 1.67 bits per heavy atom. The van der Waals surface area contributed by atoms with Crippen molar-refractivity contribution in [3.63, 3.8) is 0 Å². The van der Waals surface area contributed by atoms with Gasteiger partial charge in [-0.15, -0.1) is 16.7 Å². The molecule has 9 heteroatoms. The van der Waals surface area contributed by atoms with Gasteiger partial charge in [0, 0.05) is 13.1 Å². The highest BCUT2D eigenvalue weighted by molar-refractivity contribution is 5.96. The van der Waals surface area contributed by atoms with Gasteiger partial charge in [0.05, 0.1) is 6.54 Å². The Morgan fingerprint density at radius 2 is 2.11 bits per heavy atom. The molecule has 0 fully saturated rings. The molecule has 0 unspecified atom stereocenters. The van der Waals surface area contributed by atoms with Crippen LogP contribution in [0.2, 0.25) is 0 Å². The highest BCUT2D eigenvalue weighted by Gasteiger charge is 2.06. The van der Waals surface area contributed by atoms with Crippen LogP contribution in [-0.2, 0) is 0 Å². The Morgan fingerprint density at radius 3 is 2.39 bits per heavy atom. The van der Waals surface area contributed by atoms with Crippen molar-refractivity contribution in [2.75, 3.05) is 19.6 Å². The number of nitrogens with one attached hydrogen (secondary N) is 2. The molecule has 0 aliphatic heterocycles. The number of guanidine groups is 2. The zero-order valence-electron chi connectivity index (χ0n) is 10.6. The van der Waals surface area contributed by atoms with Gasteiger partial charge in [-0.1, -0.05) is 6.08 Å². The van der Waals surface area contributed by atoms with Gasteiger partial charge < -0.3 is 15.8 Å². The van der Waals surface area contributed by atoms with Crippen LogP contribution in [0.3, 0.4) is 0 Å². The second-order valence-electron chi connectivity index (χ2n) is 2.90. The summed E-state index contributed by atoms with van der Waals surface area (Å²) in [5, 5.41) is 23.5. The molecule has 0 heterocycles. The van der Waals surface area contributed by atoms with E-state index in [2.05, 4.69) is 16.9 Å². The zero-order chi connectivity index (χ0) is 14.6. The van der Waals surface area contributed by atoms with Crippen LogP contribution in [0.1, 0.15) is 13.8 Å². The van der Waals surface area contributed by atoms with Crippen LogP contribution >= 0.6 is 0 Å². The topological polar surface area (TPSA) is 141 Å². The third-order valence-corrected chi connectivity index (χ3v) is 1.68. The van der Waals surface area contributed by atoms with Crippen LogP contribution in [0.4, 0.5) is 0 Å². The number of nitrogens with zero attached hydrogens (tertiary/aromatic N) is 3. The van der Waals surface area contributed by atoms with Gasteiger partial charge in [0.1, 0.15) is 0 Å². The lowest BCUT2D eigenvalue weighted by Crippen LogP contribution is -2.46. The van der Waals surface area contributed by atoms with Gasteiger partial charge >= 0.3 is 0 Å². The average molecular weight is 260 g/mol. The minimum Gasteiger partial charge on any atom is -0.370 e. The predicted molar refractivity (Wildman–Crippen MR) is 69.3 cm³/mol. The van der Waals surface area contributed by atoms with Crippen molar-refractivity contribution >= 4 is 11.9 Å². The fourth-order valence-electron chi connectivity index (χ4n) is 1.01. The van der Waals surface area contributed by atoms with E-state index in [0.717, 1.165) is 13.1 Å². The number of aliphatic imine (C=N–C) groups is 1. The third-order valence-electron chi connectivity index (χ3n) is 1.68. The van der Waals surface area contributed by atoms with Gasteiger partial charge in [-0.2, -0.15) is 0 Å². The van der Waals surface area contributed by atoms with Crippen molar-refractivity contribution in [2.24, 2.45) is 10.7 Å². The Bertz CT molecular complexity index is 297. The maximum atomic E-state index is 8.36. The first kappa shape index (κ1) is 18.1. The summed E-state index contributed by atoms with van der Waals surface area (Å²) in [5.41, 5.74) is 5.25. The maximum Gasteiger partial charge on any atom is 0.291 e. The number of hydrogen-bond acceptors (Lipinski definition) is 4. The van der Waals surface area contributed by atoms with Crippen molar-refractivity contribution in [1.29, 1.82) is 5.41 Å². The summed E-state index contributed by atoms with van der Waals surface area (Å²) in [7, 11) is 0. The molecule has 0 bridgehead atoms.